The molecule has 0 spiro atoms. The Kier molecular flexibility index (Phi) is 7.91. The minimum absolute atomic E-state index is 0.181. The van der Waals surface area contributed by atoms with Gasteiger partial charge in [-0.15, -0.1) is 0 Å². The summed E-state index contributed by atoms with van der Waals surface area (Å²) in [6.07, 6.45) is 5.94. The Hall–Kier alpha value is -3.62. The molecule has 0 N–H and O–H groups in total. The average molecular weight is 561 g/mol. The van der Waals surface area contributed by atoms with Gasteiger partial charge in [0, 0.05) is 41.6 Å². The van der Waals surface area contributed by atoms with Gasteiger partial charge < -0.3 is 4.99 Å². The summed E-state index contributed by atoms with van der Waals surface area (Å²) < 4.78 is 48.4. The largest absolute Gasteiger partial charge is 0.300 e. The molecule has 0 aliphatic heterocycles. The topological polar surface area (TPSA) is 93.5 Å². The number of hydrogen-bond donors (Lipinski definition) is 0. The Morgan fingerprint density at radius 2 is 1.67 bits per heavy atom. The molecule has 0 saturated carbocycles. The minimum atomic E-state index is -3.36. The van der Waals surface area contributed by atoms with Gasteiger partial charge in [0.05, 0.1) is 16.2 Å². The number of aromatic nitrogens is 1. The van der Waals surface area contributed by atoms with Crippen molar-refractivity contribution >= 4 is 48.9 Å². The van der Waals surface area contributed by atoms with E-state index in [-0.39, 0.29) is 16.1 Å². The maximum atomic E-state index is 12.3. The molecule has 0 bridgehead atoms. The van der Waals surface area contributed by atoms with Gasteiger partial charge in [0.2, 0.25) is 0 Å². The molecule has 0 amide bonds. The van der Waals surface area contributed by atoms with Crippen LogP contribution in [0.4, 0.5) is 0 Å². The summed E-state index contributed by atoms with van der Waals surface area (Å²) >= 11 is 0. The summed E-state index contributed by atoms with van der Waals surface area (Å²) in [6, 6.07) is 22.4. The number of nitrogens with zero attached hydrogens (tertiary/aromatic N) is 2. The molecular weight excluding hydrogens is 528 g/mol. The highest BCUT2D eigenvalue weighted by Gasteiger charge is 2.22. The Balaban J connectivity index is 1.86. The molecule has 0 unspecified atom stereocenters. The summed E-state index contributed by atoms with van der Waals surface area (Å²) in [5.74, 6) is -0.182. The maximum Gasteiger partial charge on any atom is 0.175 e. The number of pyridine rings is 1. The van der Waals surface area contributed by atoms with Crippen LogP contribution >= 0.6 is 0 Å². The van der Waals surface area contributed by atoms with Gasteiger partial charge in [0.15, 0.2) is 19.7 Å². The van der Waals surface area contributed by atoms with E-state index < -0.39 is 19.7 Å². The predicted octanol–water partition coefficient (Wildman–Crippen LogP) is 5.87. The molecular formula is C31H32N2O4S2. The van der Waals surface area contributed by atoms with Crippen LogP contribution in [0.1, 0.15) is 30.5 Å². The zero-order valence-electron chi connectivity index (χ0n) is 22.5. The van der Waals surface area contributed by atoms with Crippen LogP contribution in [0.25, 0.3) is 33.7 Å². The zero-order valence-corrected chi connectivity index (χ0v) is 24.2. The number of aliphatic imine (C=N–C) groups is 1. The quantitative estimate of drug-likeness (QED) is 0.189. The van der Waals surface area contributed by atoms with E-state index in [0.29, 0.717) is 17.7 Å². The molecule has 0 atom stereocenters. The Morgan fingerprint density at radius 1 is 0.949 bits per heavy atom. The molecule has 39 heavy (non-hydrogen) atoms. The fourth-order valence-corrected chi connectivity index (χ4v) is 6.02. The van der Waals surface area contributed by atoms with Crippen molar-refractivity contribution in [3.05, 3.63) is 95.7 Å². The third kappa shape index (κ3) is 6.88. The van der Waals surface area contributed by atoms with Crippen molar-refractivity contribution in [1.29, 1.82) is 0 Å². The zero-order chi connectivity index (χ0) is 28.4. The Morgan fingerprint density at radius 3 is 2.31 bits per heavy atom. The van der Waals surface area contributed by atoms with Crippen LogP contribution < -0.4 is 0 Å². The molecule has 1 heterocycles. The van der Waals surface area contributed by atoms with Crippen LogP contribution in [0.3, 0.4) is 0 Å². The van der Waals surface area contributed by atoms with Crippen molar-refractivity contribution in [2.45, 2.75) is 24.2 Å². The first kappa shape index (κ1) is 28.4. The van der Waals surface area contributed by atoms with Gasteiger partial charge in [-0.05, 0) is 70.9 Å². The van der Waals surface area contributed by atoms with Crippen LogP contribution in [0, 0.1) is 0 Å². The molecule has 0 aliphatic rings. The lowest BCUT2D eigenvalue weighted by molar-refractivity contribution is 0.543. The number of rotatable bonds is 9. The van der Waals surface area contributed by atoms with Crippen LogP contribution in [-0.2, 0) is 25.1 Å². The van der Waals surface area contributed by atoms with E-state index in [2.05, 4.69) is 42.7 Å². The van der Waals surface area contributed by atoms with E-state index in [4.69, 9.17) is 0 Å². The van der Waals surface area contributed by atoms with Gasteiger partial charge in [-0.3, -0.25) is 4.98 Å². The summed E-state index contributed by atoms with van der Waals surface area (Å²) in [6.45, 7) is 8.52. The molecule has 0 saturated heterocycles. The number of sulfone groups is 2. The number of benzene rings is 3. The Labute approximate surface area is 231 Å². The van der Waals surface area contributed by atoms with Gasteiger partial charge >= 0.3 is 0 Å². The summed E-state index contributed by atoms with van der Waals surface area (Å²) in [5, 5.41) is 1.02. The van der Waals surface area contributed by atoms with Gasteiger partial charge in [-0.25, -0.2) is 16.8 Å². The van der Waals surface area contributed by atoms with Crippen molar-refractivity contribution in [2.24, 2.45) is 4.99 Å². The first-order valence-corrected chi connectivity index (χ1v) is 16.3. The lowest BCUT2D eigenvalue weighted by Gasteiger charge is -2.24. The van der Waals surface area contributed by atoms with Crippen molar-refractivity contribution in [2.75, 3.05) is 24.8 Å². The van der Waals surface area contributed by atoms with Crippen molar-refractivity contribution < 1.29 is 16.8 Å². The molecule has 202 valence electrons. The maximum absolute atomic E-state index is 12.3. The molecule has 6 nitrogen and oxygen atoms in total. The highest BCUT2D eigenvalue weighted by atomic mass is 32.2. The molecule has 8 heteroatoms. The number of hydrogen-bond acceptors (Lipinski definition) is 6. The third-order valence-corrected chi connectivity index (χ3v) is 8.57. The standard InChI is InChI=1S/C31H32N2O4S2/c1-31(2,21-32-3)27-18-25-10-7-15-33-30(25)29(19-27)24-9-6-8-22(16-24)17-26(20-38(4,34)35)23-11-13-28(14-12-23)39(5,36)37/h6-19H,3,20-21H2,1-2,4-5H3/b26-17-. The van der Waals surface area contributed by atoms with Crippen molar-refractivity contribution in [3.63, 3.8) is 0 Å². The fraction of sp³-hybridized carbons (Fsp3) is 0.226. The van der Waals surface area contributed by atoms with E-state index in [9.17, 15) is 16.8 Å². The smallest absolute Gasteiger partial charge is 0.175 e. The van der Waals surface area contributed by atoms with Gasteiger partial charge in [0.1, 0.15) is 0 Å². The second kappa shape index (κ2) is 10.9. The molecule has 4 aromatic rings. The molecule has 0 radical (unpaired) electrons. The van der Waals surface area contributed by atoms with Gasteiger partial charge in [0.25, 0.3) is 0 Å². The molecule has 4 rings (SSSR count). The second-order valence-corrected chi connectivity index (χ2v) is 14.7. The lowest BCUT2D eigenvalue weighted by Crippen LogP contribution is -2.21. The normalized spacial score (nSPS) is 13.0. The van der Waals surface area contributed by atoms with Gasteiger partial charge in [-0.1, -0.05) is 56.3 Å². The van der Waals surface area contributed by atoms with Gasteiger partial charge in [-0.2, -0.15) is 0 Å². The molecule has 1 aromatic heterocycles. The number of fused-ring (bicyclic) bond motifs is 1. The predicted molar refractivity (Wildman–Crippen MR) is 162 cm³/mol. The average Bonchev–Trinajstić information content (AvgIpc) is 2.86. The van der Waals surface area contributed by atoms with E-state index in [1.54, 1.807) is 18.3 Å². The van der Waals surface area contributed by atoms with Crippen LogP contribution in [0.5, 0.6) is 0 Å². The first-order chi connectivity index (χ1) is 18.3. The molecule has 0 fully saturated rings. The van der Waals surface area contributed by atoms with Crippen LogP contribution in [0.2, 0.25) is 0 Å². The highest BCUT2D eigenvalue weighted by molar-refractivity contribution is 7.91. The lowest BCUT2D eigenvalue weighted by atomic mass is 9.82. The Bertz CT molecular complexity index is 1790. The van der Waals surface area contributed by atoms with Crippen molar-refractivity contribution in [3.8, 4) is 11.1 Å². The second-order valence-electron chi connectivity index (χ2n) is 10.5. The fourth-order valence-electron chi connectivity index (χ4n) is 4.58. The van der Waals surface area contributed by atoms with Crippen LogP contribution in [-0.4, -0.2) is 53.3 Å². The SMILES string of the molecule is C=NCC(C)(C)c1cc(-c2cccc(/C=C(/CS(C)(=O)=O)c3ccc(S(C)(=O)=O)cc3)c2)c2ncccc2c1. The first-order valence-electron chi connectivity index (χ1n) is 12.4. The highest BCUT2D eigenvalue weighted by Crippen LogP contribution is 2.35. The van der Waals surface area contributed by atoms with E-state index in [1.807, 2.05) is 42.5 Å². The monoisotopic (exact) mass is 560 g/mol. The van der Waals surface area contributed by atoms with Crippen molar-refractivity contribution in [1.82, 2.24) is 4.98 Å². The summed E-state index contributed by atoms with van der Waals surface area (Å²) in [7, 11) is -6.72. The van der Waals surface area contributed by atoms with E-state index >= 15 is 0 Å². The minimum Gasteiger partial charge on any atom is -0.300 e. The van der Waals surface area contributed by atoms with Crippen LogP contribution in [0.15, 0.2) is 88.9 Å². The third-order valence-electron chi connectivity index (χ3n) is 6.60. The summed E-state index contributed by atoms with van der Waals surface area (Å²) in [4.78, 5) is 8.98. The van der Waals surface area contributed by atoms with E-state index in [0.717, 1.165) is 39.4 Å². The summed E-state index contributed by atoms with van der Waals surface area (Å²) in [5.41, 5.74) is 5.72. The molecule has 0 aliphatic carbocycles. The molecule has 3 aromatic carbocycles. The van der Waals surface area contributed by atoms with E-state index in [1.165, 1.54) is 18.4 Å².